The predicted octanol–water partition coefficient (Wildman–Crippen LogP) is 5.12. The second-order valence-electron chi connectivity index (χ2n) is 9.95. The molecule has 0 aromatic rings. The zero-order valence-electron chi connectivity index (χ0n) is 15.8. The third-order valence-electron chi connectivity index (χ3n) is 9.57. The van der Waals surface area contributed by atoms with E-state index >= 15 is 0 Å². The van der Waals surface area contributed by atoms with Gasteiger partial charge in [-0.1, -0.05) is 25.5 Å². The van der Waals surface area contributed by atoms with Crippen LogP contribution in [0, 0.1) is 28.6 Å². The van der Waals surface area contributed by atoms with Crippen molar-refractivity contribution in [2.24, 2.45) is 28.6 Å². The first-order chi connectivity index (χ1) is 11.5. The van der Waals surface area contributed by atoms with Gasteiger partial charge in [0.1, 0.15) is 0 Å². The molecular weight excluding hydrogens is 296 g/mol. The van der Waals surface area contributed by atoms with Crippen molar-refractivity contribution >= 4 is 0 Å². The maximum absolute atomic E-state index is 6.26. The van der Waals surface area contributed by atoms with E-state index in [0.29, 0.717) is 16.9 Å². The number of fused-ring (bicyclic) bond motifs is 6. The molecule has 5 aliphatic rings. The van der Waals surface area contributed by atoms with Gasteiger partial charge in [0.05, 0.1) is 18.3 Å². The van der Waals surface area contributed by atoms with Gasteiger partial charge in [-0.05, 0) is 80.0 Å². The van der Waals surface area contributed by atoms with Gasteiger partial charge in [0.15, 0.2) is 0 Å². The summed E-state index contributed by atoms with van der Waals surface area (Å²) in [6.45, 7) is 6.19. The summed E-state index contributed by atoms with van der Waals surface area (Å²) >= 11 is 0. The number of methoxy groups -OCH3 is 1. The fraction of sp³-hybridized carbons (Fsp3) is 0.909. The van der Waals surface area contributed by atoms with E-state index in [-0.39, 0.29) is 5.60 Å². The largest absolute Gasteiger partial charge is 0.381 e. The van der Waals surface area contributed by atoms with Gasteiger partial charge in [0.2, 0.25) is 0 Å². The molecular formula is C22H34O2. The second kappa shape index (κ2) is 5.10. The Bertz CT molecular complexity index is 562. The molecule has 3 saturated carbocycles. The Balaban J connectivity index is 1.46. The van der Waals surface area contributed by atoms with E-state index in [9.17, 15) is 0 Å². The molecule has 4 aliphatic carbocycles. The van der Waals surface area contributed by atoms with Crippen LogP contribution in [0.4, 0.5) is 0 Å². The summed E-state index contributed by atoms with van der Waals surface area (Å²) in [7, 11) is 1.89. The minimum absolute atomic E-state index is 0.265. The van der Waals surface area contributed by atoms with Gasteiger partial charge in [0, 0.05) is 13.5 Å². The summed E-state index contributed by atoms with van der Waals surface area (Å²) in [5.41, 5.74) is 2.91. The van der Waals surface area contributed by atoms with E-state index in [2.05, 4.69) is 19.9 Å². The normalized spacial score (nSPS) is 56.0. The van der Waals surface area contributed by atoms with Crippen LogP contribution in [0.5, 0.6) is 0 Å². The molecule has 1 spiro atoms. The first-order valence-corrected chi connectivity index (χ1v) is 10.4. The SMILES string of the molecule is CO[C@H]1CC[C@@]2(C)C(=CC[C@@H]3[C@H]4CC[C@@]5(CCO5)[C@@]4(C)CC[C@@H]32)C1. The predicted molar refractivity (Wildman–Crippen MR) is 95.8 cm³/mol. The van der Waals surface area contributed by atoms with Crippen molar-refractivity contribution in [1.29, 1.82) is 0 Å². The number of rotatable bonds is 1. The number of hydrogen-bond acceptors (Lipinski definition) is 2. The second-order valence-corrected chi connectivity index (χ2v) is 9.95. The molecule has 1 saturated heterocycles. The van der Waals surface area contributed by atoms with Crippen molar-refractivity contribution in [1.82, 2.24) is 0 Å². The van der Waals surface area contributed by atoms with Gasteiger partial charge < -0.3 is 9.47 Å². The van der Waals surface area contributed by atoms with Crippen LogP contribution in [0.15, 0.2) is 11.6 Å². The Hall–Kier alpha value is -0.340. The summed E-state index contributed by atoms with van der Waals surface area (Å²) in [5.74, 6) is 2.70. The Morgan fingerprint density at radius 2 is 1.83 bits per heavy atom. The summed E-state index contributed by atoms with van der Waals surface area (Å²) in [6.07, 6.45) is 15.1. The molecule has 24 heavy (non-hydrogen) atoms. The molecule has 2 heteroatoms. The fourth-order valence-corrected chi connectivity index (χ4v) is 7.92. The molecule has 0 bridgehead atoms. The van der Waals surface area contributed by atoms with Crippen molar-refractivity contribution in [3.05, 3.63) is 11.6 Å². The maximum atomic E-state index is 6.26. The minimum atomic E-state index is 0.265. The molecule has 0 aromatic heterocycles. The van der Waals surface area contributed by atoms with Crippen LogP contribution < -0.4 is 0 Å². The van der Waals surface area contributed by atoms with Crippen LogP contribution in [-0.4, -0.2) is 25.4 Å². The molecule has 0 radical (unpaired) electrons. The van der Waals surface area contributed by atoms with Gasteiger partial charge in [-0.15, -0.1) is 0 Å². The van der Waals surface area contributed by atoms with E-state index in [1.54, 1.807) is 5.57 Å². The molecule has 5 rings (SSSR count). The third kappa shape index (κ3) is 1.80. The van der Waals surface area contributed by atoms with Crippen molar-refractivity contribution in [2.75, 3.05) is 13.7 Å². The maximum Gasteiger partial charge on any atom is 0.0760 e. The topological polar surface area (TPSA) is 18.5 Å². The first-order valence-electron chi connectivity index (χ1n) is 10.4. The minimum Gasteiger partial charge on any atom is -0.381 e. The van der Waals surface area contributed by atoms with Crippen molar-refractivity contribution < 1.29 is 9.47 Å². The van der Waals surface area contributed by atoms with E-state index < -0.39 is 0 Å². The highest BCUT2D eigenvalue weighted by atomic mass is 16.5. The monoisotopic (exact) mass is 330 g/mol. The number of ether oxygens (including phenoxy) is 2. The van der Waals surface area contributed by atoms with Crippen LogP contribution in [0.25, 0.3) is 0 Å². The van der Waals surface area contributed by atoms with Crippen LogP contribution in [0.2, 0.25) is 0 Å². The lowest BCUT2D eigenvalue weighted by Gasteiger charge is -2.61. The van der Waals surface area contributed by atoms with E-state index in [1.807, 2.05) is 7.11 Å². The zero-order valence-corrected chi connectivity index (χ0v) is 15.8. The summed E-state index contributed by atoms with van der Waals surface area (Å²) in [6, 6.07) is 0. The molecule has 1 heterocycles. The highest BCUT2D eigenvalue weighted by molar-refractivity contribution is 5.26. The average molecular weight is 331 g/mol. The fourth-order valence-electron chi connectivity index (χ4n) is 7.92. The Labute approximate surface area is 147 Å². The molecule has 0 aromatic carbocycles. The third-order valence-corrected chi connectivity index (χ3v) is 9.57. The van der Waals surface area contributed by atoms with Gasteiger partial charge in [-0.2, -0.15) is 0 Å². The first kappa shape index (κ1) is 15.9. The van der Waals surface area contributed by atoms with Crippen LogP contribution in [0.3, 0.4) is 0 Å². The highest BCUT2D eigenvalue weighted by Gasteiger charge is 2.66. The molecule has 7 atom stereocenters. The van der Waals surface area contributed by atoms with Crippen LogP contribution in [0.1, 0.15) is 71.6 Å². The molecule has 134 valence electrons. The smallest absolute Gasteiger partial charge is 0.0760 e. The van der Waals surface area contributed by atoms with E-state index in [0.717, 1.165) is 24.4 Å². The van der Waals surface area contributed by atoms with Crippen molar-refractivity contribution in [3.8, 4) is 0 Å². The standard InChI is InChI=1S/C22H34O2/c1-20-9-6-16(23-3)14-15(20)4-5-17-18(20)7-10-21(2)19(17)8-11-22(21)12-13-24-22/h4,16-19H,5-14H2,1-3H3/t16-,17-,18-,19+,20-,21-,22+/m0/s1. The lowest BCUT2D eigenvalue weighted by Crippen LogP contribution is -2.59. The summed E-state index contributed by atoms with van der Waals surface area (Å²) < 4.78 is 12.0. The zero-order chi connectivity index (χ0) is 16.6. The van der Waals surface area contributed by atoms with Gasteiger partial charge in [-0.25, -0.2) is 0 Å². The molecule has 0 amide bonds. The lowest BCUT2D eigenvalue weighted by atomic mass is 9.46. The van der Waals surface area contributed by atoms with Gasteiger partial charge >= 0.3 is 0 Å². The van der Waals surface area contributed by atoms with Gasteiger partial charge in [-0.3, -0.25) is 0 Å². The van der Waals surface area contributed by atoms with Crippen LogP contribution >= 0.6 is 0 Å². The van der Waals surface area contributed by atoms with E-state index in [1.165, 1.54) is 57.8 Å². The molecule has 0 N–H and O–H groups in total. The average Bonchev–Trinajstić information content (AvgIpc) is 2.87. The summed E-state index contributed by atoms with van der Waals surface area (Å²) in [5, 5.41) is 0. The van der Waals surface area contributed by atoms with Crippen LogP contribution in [-0.2, 0) is 9.47 Å². The van der Waals surface area contributed by atoms with Crippen molar-refractivity contribution in [3.63, 3.8) is 0 Å². The Kier molecular flexibility index (Phi) is 3.37. The molecule has 1 aliphatic heterocycles. The quantitative estimate of drug-likeness (QED) is 0.621. The van der Waals surface area contributed by atoms with Crippen molar-refractivity contribution in [2.45, 2.75) is 83.3 Å². The van der Waals surface area contributed by atoms with Gasteiger partial charge in [0.25, 0.3) is 0 Å². The lowest BCUT2D eigenvalue weighted by molar-refractivity contribution is -0.225. The number of allylic oxidation sites excluding steroid dienone is 1. The van der Waals surface area contributed by atoms with E-state index in [4.69, 9.17) is 9.47 Å². The number of hydrogen-bond donors (Lipinski definition) is 0. The molecule has 2 nitrogen and oxygen atoms in total. The molecule has 4 fully saturated rings. The summed E-state index contributed by atoms with van der Waals surface area (Å²) in [4.78, 5) is 0. The Morgan fingerprint density at radius 3 is 2.54 bits per heavy atom. The molecule has 0 unspecified atom stereocenters. The highest BCUT2D eigenvalue weighted by Crippen LogP contribution is 2.69. The Morgan fingerprint density at radius 1 is 1.04 bits per heavy atom.